The smallest absolute Gasteiger partial charge is 0.278 e. The lowest BCUT2D eigenvalue weighted by atomic mass is 10.2. The molecule has 1 amide bonds. The van der Waals surface area contributed by atoms with E-state index < -0.39 is 27.4 Å². The minimum atomic E-state index is -4.11. The lowest BCUT2D eigenvalue weighted by molar-refractivity contribution is -0.113. The Morgan fingerprint density at radius 1 is 1.11 bits per heavy atom. The molecule has 0 fully saturated rings. The molecule has 9 nitrogen and oxygen atoms in total. The molecule has 0 saturated heterocycles. The van der Waals surface area contributed by atoms with Gasteiger partial charge in [0.1, 0.15) is 27.9 Å². The monoisotopic (exact) mass is 569 g/mol. The number of thiazole rings is 1. The number of nitrogens with one attached hydrogen (secondary N) is 1. The van der Waals surface area contributed by atoms with E-state index in [1.54, 1.807) is 41.8 Å². The molecule has 5 heterocycles. The highest BCUT2D eigenvalue weighted by Crippen LogP contribution is 2.43. The summed E-state index contributed by atoms with van der Waals surface area (Å²) in [6.45, 7) is 0. The Balaban J connectivity index is 1.27. The SMILES string of the molecule is CN1C(C(=O)Nc2nc(-c3ccc(-c4ccc(F)cc4)o3)cs2)=C(O)c2sc(-c3ccco3)cc2S1(=O)=O. The number of amides is 1. The van der Waals surface area contributed by atoms with Gasteiger partial charge in [-0.3, -0.25) is 14.4 Å². The van der Waals surface area contributed by atoms with Crippen LogP contribution in [0.2, 0.25) is 0 Å². The summed E-state index contributed by atoms with van der Waals surface area (Å²) in [6.07, 6.45) is 1.46. The van der Waals surface area contributed by atoms with Crippen LogP contribution in [0.5, 0.6) is 0 Å². The number of hydrogen-bond donors (Lipinski definition) is 2. The van der Waals surface area contributed by atoms with Gasteiger partial charge in [-0.25, -0.2) is 17.8 Å². The highest BCUT2D eigenvalue weighted by molar-refractivity contribution is 7.89. The molecular formula is C25H16FN3O6S3. The minimum Gasteiger partial charge on any atom is -0.504 e. The first-order valence-corrected chi connectivity index (χ1v) is 14.1. The van der Waals surface area contributed by atoms with Gasteiger partial charge in [-0.1, -0.05) is 0 Å². The van der Waals surface area contributed by atoms with E-state index in [1.165, 1.54) is 31.5 Å². The summed E-state index contributed by atoms with van der Waals surface area (Å²) in [5.41, 5.74) is 0.692. The first kappa shape index (κ1) is 24.2. The summed E-state index contributed by atoms with van der Waals surface area (Å²) in [5.74, 6) is -0.287. The number of halogens is 1. The second kappa shape index (κ2) is 8.97. The third kappa shape index (κ3) is 4.00. The Morgan fingerprint density at radius 3 is 2.61 bits per heavy atom. The zero-order valence-electron chi connectivity index (χ0n) is 19.3. The number of aromatic nitrogens is 1. The van der Waals surface area contributed by atoms with Gasteiger partial charge in [0.2, 0.25) is 0 Å². The van der Waals surface area contributed by atoms with Gasteiger partial charge < -0.3 is 13.9 Å². The molecule has 0 atom stereocenters. The Labute approximate surface area is 223 Å². The molecule has 2 N–H and O–H groups in total. The molecular weight excluding hydrogens is 553 g/mol. The second-order valence-corrected chi connectivity index (χ2v) is 12.0. The second-order valence-electron chi connectivity index (χ2n) is 8.11. The molecule has 0 unspecified atom stereocenters. The molecule has 4 aromatic heterocycles. The summed E-state index contributed by atoms with van der Waals surface area (Å²) in [7, 11) is -2.91. The van der Waals surface area contributed by atoms with E-state index in [-0.39, 0.29) is 20.7 Å². The fourth-order valence-corrected chi connectivity index (χ4v) is 7.37. The molecule has 6 rings (SSSR count). The Kier molecular flexibility index (Phi) is 5.70. The lowest BCUT2D eigenvalue weighted by Gasteiger charge is -2.26. The number of hydrogen-bond acceptors (Lipinski definition) is 9. The molecule has 1 aliphatic heterocycles. The predicted octanol–water partition coefficient (Wildman–Crippen LogP) is 6.03. The number of nitrogens with zero attached hydrogens (tertiary/aromatic N) is 2. The van der Waals surface area contributed by atoms with E-state index in [9.17, 15) is 22.7 Å². The third-order valence-electron chi connectivity index (χ3n) is 5.78. The van der Waals surface area contributed by atoms with Gasteiger partial charge in [-0.05, 0) is 54.6 Å². The zero-order chi connectivity index (χ0) is 26.6. The standard InChI is InChI=1S/C25H16FN3O6S3/c1-29-21(22(30)23-20(38(29,32)33)11-19(37-23)18-3-2-10-34-18)24(31)28-25-27-15(12-36-25)17-9-8-16(35-17)13-4-6-14(26)7-5-13/h2-12,30H,1H3,(H,27,28,31). The van der Waals surface area contributed by atoms with Crippen molar-refractivity contribution < 1.29 is 31.5 Å². The average Bonchev–Trinajstić information content (AvgIpc) is 3.69. The van der Waals surface area contributed by atoms with Crippen molar-refractivity contribution in [1.29, 1.82) is 0 Å². The van der Waals surface area contributed by atoms with Crippen molar-refractivity contribution >= 4 is 49.5 Å². The number of furan rings is 2. The van der Waals surface area contributed by atoms with Crippen LogP contribution in [0.15, 0.2) is 85.7 Å². The van der Waals surface area contributed by atoms with Crippen LogP contribution in [0.3, 0.4) is 0 Å². The van der Waals surface area contributed by atoms with Gasteiger partial charge in [0.25, 0.3) is 15.9 Å². The number of thiophene rings is 1. The van der Waals surface area contributed by atoms with Crippen molar-refractivity contribution in [3.8, 4) is 33.4 Å². The number of rotatable bonds is 5. The van der Waals surface area contributed by atoms with E-state index in [0.29, 0.717) is 33.4 Å². The maximum Gasteiger partial charge on any atom is 0.278 e. The van der Waals surface area contributed by atoms with Crippen molar-refractivity contribution in [3.63, 3.8) is 0 Å². The normalized spacial score (nSPS) is 14.5. The molecule has 38 heavy (non-hydrogen) atoms. The summed E-state index contributed by atoms with van der Waals surface area (Å²) in [5, 5.41) is 15.3. The van der Waals surface area contributed by atoms with Gasteiger partial charge in [0, 0.05) is 18.0 Å². The van der Waals surface area contributed by atoms with Crippen LogP contribution < -0.4 is 5.32 Å². The van der Waals surface area contributed by atoms with Crippen molar-refractivity contribution in [2.24, 2.45) is 0 Å². The topological polar surface area (TPSA) is 126 Å². The molecule has 5 aromatic rings. The Bertz CT molecular complexity index is 1820. The van der Waals surface area contributed by atoms with Crippen LogP contribution in [0, 0.1) is 5.82 Å². The molecule has 192 valence electrons. The van der Waals surface area contributed by atoms with Gasteiger partial charge in [0.15, 0.2) is 22.3 Å². The van der Waals surface area contributed by atoms with E-state index in [1.807, 2.05) is 0 Å². The number of aliphatic hydroxyl groups excluding tert-OH is 1. The Hall–Kier alpha value is -4.20. The van der Waals surface area contributed by atoms with E-state index in [0.717, 1.165) is 27.0 Å². The van der Waals surface area contributed by atoms with Gasteiger partial charge in [0.05, 0.1) is 16.0 Å². The number of aliphatic hydroxyl groups is 1. The molecule has 0 saturated carbocycles. The van der Waals surface area contributed by atoms with Crippen molar-refractivity contribution in [1.82, 2.24) is 9.29 Å². The number of sulfonamides is 1. The molecule has 1 aliphatic rings. The summed E-state index contributed by atoms with van der Waals surface area (Å²) in [6, 6.07) is 14.0. The van der Waals surface area contributed by atoms with Crippen LogP contribution in [-0.4, -0.2) is 35.8 Å². The van der Waals surface area contributed by atoms with Gasteiger partial charge in [-0.2, -0.15) is 0 Å². The summed E-state index contributed by atoms with van der Waals surface area (Å²) >= 11 is 2.10. The number of likely N-dealkylation sites (N-methyl/N-ethyl adjacent to an activating group) is 1. The van der Waals surface area contributed by atoms with Crippen LogP contribution in [-0.2, 0) is 14.8 Å². The number of carbonyl (C=O) groups is 1. The number of anilines is 1. The summed E-state index contributed by atoms with van der Waals surface area (Å²) in [4.78, 5) is 17.9. The highest BCUT2D eigenvalue weighted by atomic mass is 32.2. The largest absolute Gasteiger partial charge is 0.504 e. The van der Waals surface area contributed by atoms with Crippen molar-refractivity contribution in [2.45, 2.75) is 4.90 Å². The van der Waals surface area contributed by atoms with Crippen LogP contribution >= 0.6 is 22.7 Å². The number of benzene rings is 1. The first-order chi connectivity index (χ1) is 18.2. The zero-order valence-corrected chi connectivity index (χ0v) is 21.8. The molecule has 0 aliphatic carbocycles. The van der Waals surface area contributed by atoms with Gasteiger partial charge in [-0.15, -0.1) is 22.7 Å². The van der Waals surface area contributed by atoms with E-state index in [2.05, 4.69) is 10.3 Å². The third-order valence-corrected chi connectivity index (χ3v) is 9.61. The predicted molar refractivity (Wildman–Crippen MR) is 140 cm³/mol. The number of carbonyl (C=O) groups excluding carboxylic acids is 1. The highest BCUT2D eigenvalue weighted by Gasteiger charge is 2.40. The lowest BCUT2D eigenvalue weighted by Crippen LogP contribution is -2.36. The maximum absolute atomic E-state index is 13.2. The quantitative estimate of drug-likeness (QED) is 0.265. The van der Waals surface area contributed by atoms with Crippen molar-refractivity contribution in [3.05, 3.63) is 82.6 Å². The minimum absolute atomic E-state index is 0.0448. The van der Waals surface area contributed by atoms with Crippen molar-refractivity contribution in [2.75, 3.05) is 12.4 Å². The molecule has 0 bridgehead atoms. The molecule has 0 spiro atoms. The average molecular weight is 570 g/mol. The molecule has 13 heteroatoms. The number of fused-ring (bicyclic) bond motifs is 1. The van der Waals surface area contributed by atoms with E-state index in [4.69, 9.17) is 8.83 Å². The summed E-state index contributed by atoms with van der Waals surface area (Å²) < 4.78 is 51.4. The first-order valence-electron chi connectivity index (χ1n) is 11.0. The molecule has 1 aromatic carbocycles. The van der Waals surface area contributed by atoms with E-state index >= 15 is 0 Å². The Morgan fingerprint density at radius 2 is 1.87 bits per heavy atom. The van der Waals surface area contributed by atoms with Gasteiger partial charge >= 0.3 is 0 Å². The van der Waals surface area contributed by atoms with Crippen LogP contribution in [0.4, 0.5) is 9.52 Å². The molecule has 0 radical (unpaired) electrons. The maximum atomic E-state index is 13.2. The fourth-order valence-electron chi connectivity index (χ4n) is 3.89. The van der Waals surface area contributed by atoms with Crippen LogP contribution in [0.25, 0.3) is 39.2 Å². The van der Waals surface area contributed by atoms with Crippen LogP contribution in [0.1, 0.15) is 4.88 Å². The fraction of sp³-hybridized carbons (Fsp3) is 0.0400.